The summed E-state index contributed by atoms with van der Waals surface area (Å²) >= 11 is 7.63. The first-order chi connectivity index (χ1) is 12.9. The number of nitrogens with one attached hydrogen (secondary N) is 1. The summed E-state index contributed by atoms with van der Waals surface area (Å²) < 4.78 is 5.78. The number of hydrogen-bond donors (Lipinski definition) is 1. The molecule has 1 aliphatic heterocycles. The van der Waals surface area contributed by atoms with Crippen LogP contribution < -0.4 is 10.1 Å². The summed E-state index contributed by atoms with van der Waals surface area (Å²) in [5.74, 6) is 0.486. The van der Waals surface area contributed by atoms with E-state index < -0.39 is 0 Å². The lowest BCUT2D eigenvalue weighted by molar-refractivity contribution is -0.115. The van der Waals surface area contributed by atoms with E-state index in [0.29, 0.717) is 20.8 Å². The molecule has 27 heavy (non-hydrogen) atoms. The van der Waals surface area contributed by atoms with Crippen molar-refractivity contribution in [1.82, 2.24) is 5.32 Å². The monoisotopic (exact) mass is 400 g/mol. The number of rotatable bonds is 5. The molecule has 1 saturated heterocycles. The van der Waals surface area contributed by atoms with Crippen LogP contribution in [-0.2, 0) is 4.79 Å². The second kappa shape index (κ2) is 8.63. The summed E-state index contributed by atoms with van der Waals surface area (Å²) in [4.78, 5) is 17.3. The van der Waals surface area contributed by atoms with Crippen LogP contribution in [0.25, 0.3) is 6.08 Å². The van der Waals surface area contributed by atoms with Gasteiger partial charge in [-0.05, 0) is 67.9 Å². The summed E-state index contributed by atoms with van der Waals surface area (Å²) in [7, 11) is 0. The highest BCUT2D eigenvalue weighted by Gasteiger charge is 2.23. The predicted octanol–water partition coefficient (Wildman–Crippen LogP) is 5.72. The van der Waals surface area contributed by atoms with Gasteiger partial charge in [0.2, 0.25) is 0 Å². The van der Waals surface area contributed by atoms with E-state index >= 15 is 0 Å². The topological polar surface area (TPSA) is 50.7 Å². The zero-order chi connectivity index (χ0) is 19.4. The van der Waals surface area contributed by atoms with Crippen LogP contribution in [0.15, 0.2) is 52.4 Å². The van der Waals surface area contributed by atoms with Gasteiger partial charge in [0.15, 0.2) is 5.17 Å². The molecule has 2 aromatic rings. The van der Waals surface area contributed by atoms with Gasteiger partial charge in [0.25, 0.3) is 5.91 Å². The molecule has 1 fully saturated rings. The number of carbonyl (C=O) groups excluding carboxylic acids is 1. The third-order valence-corrected chi connectivity index (χ3v) is 5.28. The van der Waals surface area contributed by atoms with Crippen LogP contribution in [0.3, 0.4) is 0 Å². The maximum atomic E-state index is 12.2. The van der Waals surface area contributed by atoms with Crippen molar-refractivity contribution in [2.24, 2.45) is 4.99 Å². The fraction of sp³-hybridized carbons (Fsp3) is 0.238. The fourth-order valence-corrected chi connectivity index (χ4v) is 3.45. The van der Waals surface area contributed by atoms with Crippen LogP contribution in [0.2, 0.25) is 5.02 Å². The zero-order valence-electron chi connectivity index (χ0n) is 15.5. The van der Waals surface area contributed by atoms with Gasteiger partial charge in [0.05, 0.1) is 21.7 Å². The highest BCUT2D eigenvalue weighted by atomic mass is 35.5. The van der Waals surface area contributed by atoms with Crippen molar-refractivity contribution in [3.05, 3.63) is 63.5 Å². The van der Waals surface area contributed by atoms with E-state index in [1.54, 1.807) is 12.1 Å². The van der Waals surface area contributed by atoms with Gasteiger partial charge in [-0.3, -0.25) is 4.79 Å². The Labute approximate surface area is 168 Å². The van der Waals surface area contributed by atoms with E-state index in [4.69, 9.17) is 16.3 Å². The zero-order valence-corrected chi connectivity index (χ0v) is 17.0. The van der Waals surface area contributed by atoms with Gasteiger partial charge >= 0.3 is 0 Å². The van der Waals surface area contributed by atoms with Crippen molar-refractivity contribution in [2.75, 3.05) is 0 Å². The Balaban J connectivity index is 1.76. The van der Waals surface area contributed by atoms with Crippen LogP contribution >= 0.6 is 23.4 Å². The lowest BCUT2D eigenvalue weighted by Crippen LogP contribution is -2.19. The van der Waals surface area contributed by atoms with E-state index in [2.05, 4.69) is 17.2 Å². The molecule has 0 aliphatic carbocycles. The van der Waals surface area contributed by atoms with E-state index in [0.717, 1.165) is 17.7 Å². The Morgan fingerprint density at radius 2 is 2.00 bits per heavy atom. The maximum Gasteiger partial charge on any atom is 0.264 e. The van der Waals surface area contributed by atoms with Crippen molar-refractivity contribution in [3.63, 3.8) is 0 Å². The summed E-state index contributed by atoms with van der Waals surface area (Å²) in [6.07, 6.45) is 2.81. The smallest absolute Gasteiger partial charge is 0.264 e. The maximum absolute atomic E-state index is 12.2. The first-order valence-electron chi connectivity index (χ1n) is 8.77. The molecule has 1 amide bonds. The number of benzene rings is 2. The quantitative estimate of drug-likeness (QED) is 0.653. The van der Waals surface area contributed by atoms with Crippen LogP contribution in [0.4, 0.5) is 5.69 Å². The summed E-state index contributed by atoms with van der Waals surface area (Å²) in [6.45, 7) is 6.08. The lowest BCUT2D eigenvalue weighted by atomic mass is 10.2. The molecule has 1 aliphatic rings. The third-order valence-electron chi connectivity index (χ3n) is 4.07. The molecule has 3 rings (SSSR count). The number of aryl methyl sites for hydroxylation is 1. The molecule has 1 atom stereocenters. The molecule has 4 nitrogen and oxygen atoms in total. The average molecular weight is 401 g/mol. The number of thioether (sulfide) groups is 1. The largest absolute Gasteiger partial charge is 0.489 e. The predicted molar refractivity (Wildman–Crippen MR) is 114 cm³/mol. The van der Waals surface area contributed by atoms with Gasteiger partial charge in [-0.2, -0.15) is 0 Å². The van der Waals surface area contributed by atoms with E-state index in [1.165, 1.54) is 17.3 Å². The molecular formula is C21H21ClN2O2S. The fourth-order valence-electron chi connectivity index (χ4n) is 2.37. The highest BCUT2D eigenvalue weighted by Crippen LogP contribution is 2.31. The van der Waals surface area contributed by atoms with Crippen molar-refractivity contribution in [3.8, 4) is 5.75 Å². The van der Waals surface area contributed by atoms with E-state index in [-0.39, 0.29) is 12.0 Å². The van der Waals surface area contributed by atoms with Crippen molar-refractivity contribution in [1.29, 1.82) is 0 Å². The molecule has 0 saturated carbocycles. The number of ether oxygens (including phenoxy) is 1. The van der Waals surface area contributed by atoms with E-state index in [1.807, 2.05) is 50.2 Å². The first kappa shape index (κ1) is 19.5. The Morgan fingerprint density at radius 1 is 1.26 bits per heavy atom. The van der Waals surface area contributed by atoms with Crippen LogP contribution in [0.5, 0.6) is 5.75 Å². The SMILES string of the molecule is CC[C@H](C)Oc1ccc(/C=C2/SC(=Nc3ccc(C)cc3)NC2=O)cc1Cl. The first-order valence-corrected chi connectivity index (χ1v) is 9.96. The Hall–Kier alpha value is -2.24. The lowest BCUT2D eigenvalue weighted by Gasteiger charge is -2.14. The molecule has 0 bridgehead atoms. The van der Waals surface area contributed by atoms with E-state index in [9.17, 15) is 4.79 Å². The molecular weight excluding hydrogens is 380 g/mol. The third kappa shape index (κ3) is 5.15. The summed E-state index contributed by atoms with van der Waals surface area (Å²) in [5, 5.41) is 3.89. The molecule has 1 N–H and O–H groups in total. The molecule has 0 radical (unpaired) electrons. The molecule has 0 spiro atoms. The Bertz CT molecular complexity index is 907. The molecule has 6 heteroatoms. The average Bonchev–Trinajstić information content (AvgIpc) is 2.98. The van der Waals surface area contributed by atoms with Gasteiger partial charge < -0.3 is 10.1 Å². The molecule has 2 aromatic carbocycles. The summed E-state index contributed by atoms with van der Waals surface area (Å²) in [5.41, 5.74) is 2.81. The number of halogens is 1. The number of amidine groups is 1. The normalized spacial score (nSPS) is 18.0. The molecule has 1 heterocycles. The highest BCUT2D eigenvalue weighted by molar-refractivity contribution is 8.18. The second-order valence-electron chi connectivity index (χ2n) is 6.34. The van der Waals surface area contributed by atoms with Crippen molar-refractivity contribution < 1.29 is 9.53 Å². The van der Waals surface area contributed by atoms with Crippen LogP contribution in [-0.4, -0.2) is 17.2 Å². The Kier molecular flexibility index (Phi) is 6.24. The number of amides is 1. The number of hydrogen-bond acceptors (Lipinski definition) is 4. The number of aliphatic imine (C=N–C) groups is 1. The van der Waals surface area contributed by atoms with Gasteiger partial charge in [-0.25, -0.2) is 4.99 Å². The van der Waals surface area contributed by atoms with Crippen molar-refractivity contribution in [2.45, 2.75) is 33.3 Å². The van der Waals surface area contributed by atoms with Gasteiger partial charge in [0.1, 0.15) is 5.75 Å². The number of nitrogens with zero attached hydrogens (tertiary/aromatic N) is 1. The van der Waals surface area contributed by atoms with Gasteiger partial charge in [-0.15, -0.1) is 0 Å². The molecule has 0 unspecified atom stereocenters. The number of carbonyl (C=O) groups is 1. The van der Waals surface area contributed by atoms with Crippen LogP contribution in [0.1, 0.15) is 31.4 Å². The molecule has 0 aromatic heterocycles. The second-order valence-corrected chi connectivity index (χ2v) is 7.78. The molecule has 140 valence electrons. The minimum atomic E-state index is -0.165. The van der Waals surface area contributed by atoms with Crippen molar-refractivity contribution >= 4 is 46.2 Å². The van der Waals surface area contributed by atoms with Gasteiger partial charge in [0, 0.05) is 0 Å². The standard InChI is InChI=1S/C21H21ClN2O2S/c1-4-14(3)26-18-10-7-15(11-17(18)22)12-19-20(25)24-21(27-19)23-16-8-5-13(2)6-9-16/h5-12,14H,4H2,1-3H3,(H,23,24,25)/b19-12+/t14-/m0/s1. The summed E-state index contributed by atoms with van der Waals surface area (Å²) in [6, 6.07) is 13.3. The minimum Gasteiger partial charge on any atom is -0.489 e. The minimum absolute atomic E-state index is 0.100. The van der Waals surface area contributed by atoms with Gasteiger partial charge in [-0.1, -0.05) is 42.3 Å². The Morgan fingerprint density at radius 3 is 2.67 bits per heavy atom. The van der Waals surface area contributed by atoms with Crippen LogP contribution in [0, 0.1) is 6.92 Å².